The molecule has 1 amide bonds. The second-order valence-corrected chi connectivity index (χ2v) is 8.53. The molecule has 1 fully saturated rings. The quantitative estimate of drug-likeness (QED) is 0.716. The summed E-state index contributed by atoms with van der Waals surface area (Å²) >= 11 is 0. The number of hydrogen-bond donors (Lipinski definition) is 2. The smallest absolute Gasteiger partial charge is 0.309 e. The predicted octanol–water partition coefficient (Wildman–Crippen LogP) is 3.42. The van der Waals surface area contributed by atoms with Crippen LogP contribution in [0.5, 0.6) is 0 Å². The predicted molar refractivity (Wildman–Crippen MR) is 105 cm³/mol. The summed E-state index contributed by atoms with van der Waals surface area (Å²) < 4.78 is 5.43. The Kier molecular flexibility index (Phi) is 7.42. The van der Waals surface area contributed by atoms with Gasteiger partial charge in [0, 0.05) is 12.5 Å². The van der Waals surface area contributed by atoms with Gasteiger partial charge in [-0.1, -0.05) is 43.7 Å². The zero-order valence-corrected chi connectivity index (χ0v) is 16.9. The maximum atomic E-state index is 12.7. The molecule has 2 rings (SSSR count). The van der Waals surface area contributed by atoms with Crippen molar-refractivity contribution in [3.63, 3.8) is 0 Å². The number of ether oxygens (including phenoxy) is 1. The molecule has 0 unspecified atom stereocenters. The number of aliphatic hydroxyl groups excluding tert-OH is 1. The van der Waals surface area contributed by atoms with Crippen molar-refractivity contribution in [3.05, 3.63) is 35.9 Å². The molecule has 2 N–H and O–H groups in total. The lowest BCUT2D eigenvalue weighted by molar-refractivity contribution is -0.160. The number of carbonyl (C=O) groups excluding carboxylic acids is 2. The average Bonchev–Trinajstić information content (AvgIpc) is 2.98. The first-order valence-corrected chi connectivity index (χ1v) is 9.94. The number of aliphatic hydroxyl groups is 1. The lowest BCUT2D eigenvalue weighted by Crippen LogP contribution is -2.35. The third kappa shape index (κ3) is 6.35. The number of rotatable bonds is 7. The zero-order chi connectivity index (χ0) is 20.0. The molecular weight excluding hydrogens is 342 g/mol. The summed E-state index contributed by atoms with van der Waals surface area (Å²) in [6.07, 6.45) is 2.04. The molecule has 1 aliphatic rings. The Morgan fingerprint density at radius 1 is 1.22 bits per heavy atom. The van der Waals surface area contributed by atoms with Crippen molar-refractivity contribution in [3.8, 4) is 0 Å². The number of esters is 1. The SMILES string of the molecule is CCC[C@H](C(=O)NC[C@@H]1C[C@@H](C(=O)OC(C)(C)C)C[C@H]1O)c1ccccc1. The van der Waals surface area contributed by atoms with Crippen molar-refractivity contribution in [1.29, 1.82) is 0 Å². The van der Waals surface area contributed by atoms with Gasteiger partial charge in [-0.15, -0.1) is 0 Å². The minimum atomic E-state index is -0.593. The van der Waals surface area contributed by atoms with Crippen LogP contribution in [0.4, 0.5) is 0 Å². The molecule has 0 aliphatic heterocycles. The van der Waals surface area contributed by atoms with E-state index in [4.69, 9.17) is 4.74 Å². The molecule has 5 nitrogen and oxygen atoms in total. The normalized spacial score (nSPS) is 23.7. The van der Waals surface area contributed by atoms with E-state index in [0.29, 0.717) is 19.4 Å². The number of nitrogens with one attached hydrogen (secondary N) is 1. The van der Waals surface area contributed by atoms with Gasteiger partial charge in [0.15, 0.2) is 0 Å². The van der Waals surface area contributed by atoms with Gasteiger partial charge in [0.05, 0.1) is 17.9 Å². The van der Waals surface area contributed by atoms with Crippen molar-refractivity contribution >= 4 is 11.9 Å². The summed E-state index contributed by atoms with van der Waals surface area (Å²) in [5.41, 5.74) is 0.479. The minimum Gasteiger partial charge on any atom is -0.460 e. The standard InChI is InChI=1S/C22H33NO4/c1-5-9-18(15-10-7-6-8-11-15)20(25)23-14-17-12-16(13-19(17)24)21(26)27-22(2,3)4/h6-8,10-11,16-19,24H,5,9,12-14H2,1-4H3,(H,23,25)/t16-,17+,18+,19-/m1/s1. The molecule has 5 heteroatoms. The summed E-state index contributed by atoms with van der Waals surface area (Å²) in [5.74, 6) is -0.887. The Balaban J connectivity index is 1.91. The van der Waals surface area contributed by atoms with Gasteiger partial charge in [-0.05, 0) is 45.6 Å². The van der Waals surface area contributed by atoms with Crippen LogP contribution in [0.1, 0.15) is 64.9 Å². The number of carbonyl (C=O) groups is 2. The van der Waals surface area contributed by atoms with E-state index in [9.17, 15) is 14.7 Å². The number of amides is 1. The van der Waals surface area contributed by atoms with Crippen molar-refractivity contribution < 1.29 is 19.4 Å². The Morgan fingerprint density at radius 2 is 1.89 bits per heavy atom. The molecular formula is C22H33NO4. The van der Waals surface area contributed by atoms with E-state index in [1.54, 1.807) is 0 Å². The molecule has 0 spiro atoms. The zero-order valence-electron chi connectivity index (χ0n) is 16.9. The van der Waals surface area contributed by atoms with Crippen LogP contribution >= 0.6 is 0 Å². The highest BCUT2D eigenvalue weighted by Crippen LogP contribution is 2.33. The molecule has 27 heavy (non-hydrogen) atoms. The molecule has 1 aromatic rings. The van der Waals surface area contributed by atoms with Gasteiger partial charge in [0.2, 0.25) is 5.91 Å². The van der Waals surface area contributed by atoms with Gasteiger partial charge in [-0.25, -0.2) is 0 Å². The first-order valence-electron chi connectivity index (χ1n) is 9.94. The highest BCUT2D eigenvalue weighted by Gasteiger charge is 2.39. The van der Waals surface area contributed by atoms with Crippen molar-refractivity contribution in [2.45, 2.75) is 71.0 Å². The third-order valence-electron chi connectivity index (χ3n) is 5.03. The fourth-order valence-electron chi connectivity index (χ4n) is 3.68. The molecule has 0 aromatic heterocycles. The van der Waals surface area contributed by atoms with Crippen LogP contribution in [0, 0.1) is 11.8 Å². The lowest BCUT2D eigenvalue weighted by Gasteiger charge is -2.22. The van der Waals surface area contributed by atoms with E-state index in [2.05, 4.69) is 12.2 Å². The van der Waals surface area contributed by atoms with Gasteiger partial charge < -0.3 is 15.2 Å². The Morgan fingerprint density at radius 3 is 2.48 bits per heavy atom. The van der Waals surface area contributed by atoms with E-state index in [0.717, 1.165) is 18.4 Å². The first kappa shape index (κ1) is 21.4. The maximum Gasteiger partial charge on any atom is 0.309 e. The third-order valence-corrected chi connectivity index (χ3v) is 5.03. The Bertz CT molecular complexity index is 623. The first-order chi connectivity index (χ1) is 12.7. The van der Waals surface area contributed by atoms with E-state index < -0.39 is 11.7 Å². The van der Waals surface area contributed by atoms with Crippen molar-refractivity contribution in [1.82, 2.24) is 5.32 Å². The fraction of sp³-hybridized carbons (Fsp3) is 0.636. The summed E-state index contributed by atoms with van der Waals surface area (Å²) in [6, 6.07) is 9.77. The van der Waals surface area contributed by atoms with Crippen molar-refractivity contribution in [2.24, 2.45) is 11.8 Å². The van der Waals surface area contributed by atoms with Crippen molar-refractivity contribution in [2.75, 3.05) is 6.54 Å². The second kappa shape index (κ2) is 9.36. The molecule has 4 atom stereocenters. The van der Waals surface area contributed by atoms with Crippen LogP contribution in [-0.2, 0) is 14.3 Å². The number of hydrogen-bond acceptors (Lipinski definition) is 4. The molecule has 1 aromatic carbocycles. The molecule has 0 radical (unpaired) electrons. The van der Waals surface area contributed by atoms with E-state index in [-0.39, 0.29) is 29.6 Å². The highest BCUT2D eigenvalue weighted by atomic mass is 16.6. The van der Waals surface area contributed by atoms with Gasteiger partial charge in [-0.2, -0.15) is 0 Å². The van der Waals surface area contributed by atoms with E-state index in [1.165, 1.54) is 0 Å². The summed E-state index contributed by atoms with van der Waals surface area (Å²) in [7, 11) is 0. The summed E-state index contributed by atoms with van der Waals surface area (Å²) in [4.78, 5) is 25.0. The minimum absolute atomic E-state index is 0.0176. The van der Waals surface area contributed by atoms with Crippen LogP contribution in [0.3, 0.4) is 0 Å². The number of benzene rings is 1. The topological polar surface area (TPSA) is 75.6 Å². The monoisotopic (exact) mass is 375 g/mol. The molecule has 1 saturated carbocycles. The second-order valence-electron chi connectivity index (χ2n) is 8.53. The van der Waals surface area contributed by atoms with Gasteiger partial charge in [0.25, 0.3) is 0 Å². The Hall–Kier alpha value is -1.88. The average molecular weight is 376 g/mol. The van der Waals surface area contributed by atoms with Crippen LogP contribution in [0.25, 0.3) is 0 Å². The van der Waals surface area contributed by atoms with Crippen LogP contribution < -0.4 is 5.32 Å². The lowest BCUT2D eigenvalue weighted by atomic mass is 9.93. The maximum absolute atomic E-state index is 12.7. The molecule has 150 valence electrons. The van der Waals surface area contributed by atoms with Gasteiger partial charge >= 0.3 is 5.97 Å². The van der Waals surface area contributed by atoms with Crippen LogP contribution in [0.2, 0.25) is 0 Å². The summed E-state index contributed by atoms with van der Waals surface area (Å²) in [5, 5.41) is 13.3. The molecule has 0 saturated heterocycles. The fourth-order valence-corrected chi connectivity index (χ4v) is 3.68. The van der Waals surface area contributed by atoms with Gasteiger partial charge in [0.1, 0.15) is 5.60 Å². The Labute approximate surface area is 162 Å². The molecule has 1 aliphatic carbocycles. The molecule has 0 heterocycles. The van der Waals surface area contributed by atoms with E-state index in [1.807, 2.05) is 51.1 Å². The van der Waals surface area contributed by atoms with Crippen LogP contribution in [0.15, 0.2) is 30.3 Å². The summed E-state index contributed by atoms with van der Waals surface area (Å²) in [6.45, 7) is 7.96. The van der Waals surface area contributed by atoms with Crippen LogP contribution in [-0.4, -0.2) is 35.2 Å². The highest BCUT2D eigenvalue weighted by molar-refractivity contribution is 5.83. The largest absolute Gasteiger partial charge is 0.460 e. The van der Waals surface area contributed by atoms with E-state index >= 15 is 0 Å². The molecule has 0 bridgehead atoms. The van der Waals surface area contributed by atoms with Gasteiger partial charge in [-0.3, -0.25) is 9.59 Å².